The third kappa shape index (κ3) is 4.25. The van der Waals surface area contributed by atoms with Crippen LogP contribution < -0.4 is 5.32 Å². The van der Waals surface area contributed by atoms with Gasteiger partial charge in [-0.05, 0) is 55.7 Å². The first-order valence-electron chi connectivity index (χ1n) is 10.5. The van der Waals surface area contributed by atoms with Gasteiger partial charge in [0.05, 0.1) is 11.1 Å². The second-order valence-electron chi connectivity index (χ2n) is 7.59. The van der Waals surface area contributed by atoms with Crippen molar-refractivity contribution in [2.45, 2.75) is 33.3 Å². The maximum absolute atomic E-state index is 13.0. The van der Waals surface area contributed by atoms with Crippen LogP contribution in [0.15, 0.2) is 71.1 Å². The Kier molecular flexibility index (Phi) is 6.03. The summed E-state index contributed by atoms with van der Waals surface area (Å²) in [6, 6.07) is 20.1. The first-order valence-corrected chi connectivity index (χ1v) is 10.5. The SMILES string of the molecule is CCC(OC(=O)c1ccccc1-c1nc2ccccc2o1)C(=O)Nc1c(C)cccc1C. The molecule has 6 nitrogen and oxygen atoms in total. The lowest BCUT2D eigenvalue weighted by Gasteiger charge is -2.18. The molecule has 0 spiro atoms. The van der Waals surface area contributed by atoms with E-state index in [0.717, 1.165) is 16.8 Å². The van der Waals surface area contributed by atoms with Gasteiger partial charge in [-0.1, -0.05) is 49.4 Å². The minimum absolute atomic E-state index is 0.289. The topological polar surface area (TPSA) is 81.4 Å². The molecule has 32 heavy (non-hydrogen) atoms. The number of para-hydroxylation sites is 3. The van der Waals surface area contributed by atoms with E-state index in [1.165, 1.54) is 0 Å². The van der Waals surface area contributed by atoms with E-state index in [-0.39, 0.29) is 11.5 Å². The molecule has 1 aromatic heterocycles. The number of hydrogen-bond donors (Lipinski definition) is 1. The molecule has 162 valence electrons. The molecule has 1 atom stereocenters. The van der Waals surface area contributed by atoms with Gasteiger partial charge in [0.1, 0.15) is 5.52 Å². The number of oxazole rings is 1. The van der Waals surface area contributed by atoms with Crippen molar-refractivity contribution in [2.24, 2.45) is 0 Å². The summed E-state index contributed by atoms with van der Waals surface area (Å²) in [6.45, 7) is 5.65. The summed E-state index contributed by atoms with van der Waals surface area (Å²) in [6.07, 6.45) is -0.591. The van der Waals surface area contributed by atoms with E-state index in [1.807, 2.05) is 56.3 Å². The third-order valence-electron chi connectivity index (χ3n) is 5.31. The lowest BCUT2D eigenvalue weighted by Crippen LogP contribution is -2.32. The molecule has 0 aliphatic carbocycles. The fourth-order valence-corrected chi connectivity index (χ4v) is 3.57. The van der Waals surface area contributed by atoms with Crippen LogP contribution in [0.25, 0.3) is 22.6 Å². The summed E-state index contributed by atoms with van der Waals surface area (Å²) in [5, 5.41) is 2.90. The van der Waals surface area contributed by atoms with Crippen molar-refractivity contribution in [1.82, 2.24) is 4.98 Å². The number of anilines is 1. The Morgan fingerprint density at radius 2 is 1.66 bits per heavy atom. The number of carbonyl (C=O) groups is 2. The Morgan fingerprint density at radius 1 is 0.969 bits per heavy atom. The van der Waals surface area contributed by atoms with Gasteiger partial charge in [0.15, 0.2) is 11.7 Å². The highest BCUT2D eigenvalue weighted by atomic mass is 16.5. The number of aryl methyl sites for hydroxylation is 2. The fraction of sp³-hybridized carbons (Fsp3) is 0.192. The normalized spacial score (nSPS) is 11.8. The molecular formula is C26H24N2O4. The molecule has 4 aromatic rings. The van der Waals surface area contributed by atoms with Crippen LogP contribution >= 0.6 is 0 Å². The largest absolute Gasteiger partial charge is 0.449 e. The molecule has 3 aromatic carbocycles. The predicted octanol–water partition coefficient (Wildman–Crippen LogP) is 5.69. The van der Waals surface area contributed by atoms with Gasteiger partial charge in [0.2, 0.25) is 5.89 Å². The molecule has 1 heterocycles. The predicted molar refractivity (Wildman–Crippen MR) is 123 cm³/mol. The van der Waals surface area contributed by atoms with Crippen molar-refractivity contribution in [2.75, 3.05) is 5.32 Å². The van der Waals surface area contributed by atoms with Crippen molar-refractivity contribution in [3.8, 4) is 11.5 Å². The Hall–Kier alpha value is -3.93. The van der Waals surface area contributed by atoms with Crippen molar-refractivity contribution in [1.29, 1.82) is 0 Å². The summed E-state index contributed by atoms with van der Waals surface area (Å²) in [5.41, 5.74) is 4.76. The highest BCUT2D eigenvalue weighted by molar-refractivity contribution is 6.00. The molecule has 0 radical (unpaired) electrons. The third-order valence-corrected chi connectivity index (χ3v) is 5.31. The van der Waals surface area contributed by atoms with E-state index < -0.39 is 12.1 Å². The number of aromatic nitrogens is 1. The monoisotopic (exact) mass is 428 g/mol. The molecule has 1 N–H and O–H groups in total. The molecule has 1 unspecified atom stereocenters. The maximum atomic E-state index is 13.0. The number of esters is 1. The summed E-state index contributed by atoms with van der Waals surface area (Å²) < 4.78 is 11.4. The van der Waals surface area contributed by atoms with Gasteiger partial charge in [0.25, 0.3) is 5.91 Å². The number of hydrogen-bond acceptors (Lipinski definition) is 5. The van der Waals surface area contributed by atoms with Crippen LogP contribution in [0.4, 0.5) is 5.69 Å². The number of carbonyl (C=O) groups excluding carboxylic acids is 2. The number of rotatable bonds is 6. The minimum atomic E-state index is -0.932. The van der Waals surface area contributed by atoms with Crippen molar-refractivity contribution in [3.63, 3.8) is 0 Å². The van der Waals surface area contributed by atoms with Crippen LogP contribution in [0.3, 0.4) is 0 Å². The van der Waals surface area contributed by atoms with E-state index in [1.54, 1.807) is 31.2 Å². The Morgan fingerprint density at radius 3 is 2.38 bits per heavy atom. The quantitative estimate of drug-likeness (QED) is 0.399. The standard InChI is InChI=1S/C26H24N2O4/c1-4-21(24(29)28-23-16(2)10-9-11-17(23)3)32-26(30)19-13-6-5-12-18(19)25-27-20-14-7-8-15-22(20)31-25/h5-15,21H,4H2,1-3H3,(H,28,29). The van der Waals surface area contributed by atoms with Gasteiger partial charge >= 0.3 is 5.97 Å². The number of ether oxygens (including phenoxy) is 1. The van der Waals surface area contributed by atoms with Gasteiger partial charge in [0, 0.05) is 5.69 Å². The molecule has 0 saturated heterocycles. The Bertz CT molecular complexity index is 1240. The van der Waals surface area contributed by atoms with E-state index in [0.29, 0.717) is 29.0 Å². The number of nitrogens with one attached hydrogen (secondary N) is 1. The van der Waals surface area contributed by atoms with Crippen LogP contribution in [-0.4, -0.2) is 23.0 Å². The number of fused-ring (bicyclic) bond motifs is 1. The highest BCUT2D eigenvalue weighted by Crippen LogP contribution is 2.28. The van der Waals surface area contributed by atoms with Gasteiger partial charge < -0.3 is 14.5 Å². The summed E-state index contributed by atoms with van der Waals surface area (Å²) >= 11 is 0. The Balaban J connectivity index is 1.57. The average Bonchev–Trinajstić information content (AvgIpc) is 3.24. The second kappa shape index (κ2) is 9.06. The lowest BCUT2D eigenvalue weighted by molar-refractivity contribution is -0.124. The molecule has 0 aliphatic heterocycles. The van der Waals surface area contributed by atoms with Crippen LogP contribution in [0.5, 0.6) is 0 Å². The fourth-order valence-electron chi connectivity index (χ4n) is 3.57. The molecule has 0 bridgehead atoms. The van der Waals surface area contributed by atoms with Crippen molar-refractivity contribution in [3.05, 3.63) is 83.4 Å². The maximum Gasteiger partial charge on any atom is 0.339 e. The molecule has 0 aliphatic rings. The first kappa shape index (κ1) is 21.3. The van der Waals surface area contributed by atoms with Gasteiger partial charge in [-0.2, -0.15) is 0 Å². The van der Waals surface area contributed by atoms with Crippen LogP contribution in [0.1, 0.15) is 34.8 Å². The first-order chi connectivity index (χ1) is 15.5. The number of amides is 1. The van der Waals surface area contributed by atoms with Crippen LogP contribution in [-0.2, 0) is 9.53 Å². The van der Waals surface area contributed by atoms with Crippen molar-refractivity contribution < 1.29 is 18.7 Å². The summed E-state index contributed by atoms with van der Waals surface area (Å²) in [4.78, 5) is 30.4. The average molecular weight is 428 g/mol. The smallest absolute Gasteiger partial charge is 0.339 e. The molecule has 0 fully saturated rings. The van der Waals surface area contributed by atoms with E-state index in [2.05, 4.69) is 10.3 Å². The number of benzene rings is 3. The minimum Gasteiger partial charge on any atom is -0.449 e. The molecular weight excluding hydrogens is 404 g/mol. The second-order valence-corrected chi connectivity index (χ2v) is 7.59. The van der Waals surface area contributed by atoms with Crippen LogP contribution in [0.2, 0.25) is 0 Å². The Labute approximate surface area is 186 Å². The highest BCUT2D eigenvalue weighted by Gasteiger charge is 2.25. The van der Waals surface area contributed by atoms with Crippen molar-refractivity contribution >= 4 is 28.7 Å². The zero-order chi connectivity index (χ0) is 22.7. The van der Waals surface area contributed by atoms with Gasteiger partial charge in [-0.3, -0.25) is 4.79 Å². The van der Waals surface area contributed by atoms with E-state index in [4.69, 9.17) is 9.15 Å². The van der Waals surface area contributed by atoms with Crippen LogP contribution in [0, 0.1) is 13.8 Å². The van der Waals surface area contributed by atoms with E-state index in [9.17, 15) is 9.59 Å². The summed E-state index contributed by atoms with van der Waals surface area (Å²) in [7, 11) is 0. The summed E-state index contributed by atoms with van der Waals surface area (Å²) in [5.74, 6) is -0.643. The molecule has 1 amide bonds. The zero-order valence-corrected chi connectivity index (χ0v) is 18.2. The molecule has 4 rings (SSSR count). The lowest BCUT2D eigenvalue weighted by atomic mass is 10.1. The van der Waals surface area contributed by atoms with Gasteiger partial charge in [-0.15, -0.1) is 0 Å². The zero-order valence-electron chi connectivity index (χ0n) is 18.2. The number of nitrogens with zero attached hydrogens (tertiary/aromatic N) is 1. The van der Waals surface area contributed by atoms with Gasteiger partial charge in [-0.25, -0.2) is 9.78 Å². The molecule has 0 saturated carbocycles. The van der Waals surface area contributed by atoms with E-state index >= 15 is 0 Å². The molecule has 6 heteroatoms.